The lowest BCUT2D eigenvalue weighted by Crippen LogP contribution is -2.42. The minimum Gasteiger partial charge on any atom is -0.467 e. The fourth-order valence-corrected chi connectivity index (χ4v) is 4.04. The molecule has 2 amide bonds. The van der Waals surface area contributed by atoms with E-state index in [0.29, 0.717) is 32.7 Å². The number of fused-ring (bicyclic) bond motifs is 1. The van der Waals surface area contributed by atoms with Crippen LogP contribution in [0.4, 0.5) is 0 Å². The Hall–Kier alpha value is -3.43. The number of rotatable bonds is 4. The van der Waals surface area contributed by atoms with Crippen LogP contribution in [0.15, 0.2) is 35.2 Å². The maximum Gasteiger partial charge on any atom is 0.228 e. The number of furan rings is 1. The van der Waals surface area contributed by atoms with Crippen molar-refractivity contribution in [3.63, 3.8) is 0 Å². The van der Waals surface area contributed by atoms with Crippen molar-refractivity contribution in [3.8, 4) is 11.4 Å². The molecule has 5 heterocycles. The maximum absolute atomic E-state index is 13.0. The highest BCUT2D eigenvalue weighted by Crippen LogP contribution is 2.26. The summed E-state index contributed by atoms with van der Waals surface area (Å²) in [5.41, 5.74) is 0.904. The molecule has 5 rings (SSSR count). The van der Waals surface area contributed by atoms with E-state index in [0.717, 1.165) is 23.0 Å². The smallest absolute Gasteiger partial charge is 0.228 e. The topological polar surface area (TPSA) is 102 Å². The molecule has 2 aliphatic rings. The Kier molecular flexibility index (Phi) is 4.18. The van der Waals surface area contributed by atoms with Gasteiger partial charge in [0.15, 0.2) is 11.6 Å². The van der Waals surface area contributed by atoms with E-state index in [-0.39, 0.29) is 24.2 Å². The zero-order valence-electron chi connectivity index (χ0n) is 16.1. The quantitative estimate of drug-likeness (QED) is 0.643. The molecule has 0 unspecified atom stereocenters. The molecule has 0 bridgehead atoms. The van der Waals surface area contributed by atoms with Crippen LogP contribution in [0.2, 0.25) is 0 Å². The van der Waals surface area contributed by atoms with Crippen molar-refractivity contribution < 1.29 is 14.0 Å². The predicted molar refractivity (Wildman–Crippen MR) is 99.9 cm³/mol. The fourth-order valence-electron chi connectivity index (χ4n) is 4.04. The van der Waals surface area contributed by atoms with E-state index in [1.165, 1.54) is 0 Å². The first-order valence-corrected chi connectivity index (χ1v) is 9.58. The minimum absolute atomic E-state index is 0.00234. The first-order valence-electron chi connectivity index (χ1n) is 9.58. The average Bonchev–Trinajstić information content (AvgIpc) is 3.49. The molecule has 2 aliphatic heterocycles. The van der Waals surface area contributed by atoms with Crippen LogP contribution in [0.25, 0.3) is 11.4 Å². The van der Waals surface area contributed by atoms with Crippen LogP contribution in [0.3, 0.4) is 0 Å². The third-order valence-electron chi connectivity index (χ3n) is 5.52. The zero-order valence-corrected chi connectivity index (χ0v) is 16.1. The summed E-state index contributed by atoms with van der Waals surface area (Å²) in [7, 11) is 1.86. The summed E-state index contributed by atoms with van der Waals surface area (Å²) in [5, 5.41) is 12.7. The lowest BCUT2D eigenvalue weighted by molar-refractivity contribution is -0.137. The fraction of sp³-hybridized carbons (Fsp3) is 0.421. The molecule has 0 spiro atoms. The molecule has 0 saturated carbocycles. The molecule has 1 atom stereocenters. The van der Waals surface area contributed by atoms with Crippen LogP contribution in [0.1, 0.15) is 18.0 Å². The van der Waals surface area contributed by atoms with Crippen LogP contribution in [0, 0.1) is 5.92 Å². The number of aryl methyl sites for hydroxylation is 1. The zero-order chi connectivity index (χ0) is 20.0. The van der Waals surface area contributed by atoms with Crippen molar-refractivity contribution in [1.82, 2.24) is 34.3 Å². The van der Waals surface area contributed by atoms with E-state index in [1.54, 1.807) is 33.0 Å². The summed E-state index contributed by atoms with van der Waals surface area (Å²) in [6.07, 6.45) is 5.48. The molecule has 3 aromatic rings. The van der Waals surface area contributed by atoms with Crippen molar-refractivity contribution in [1.29, 1.82) is 0 Å². The van der Waals surface area contributed by atoms with Crippen molar-refractivity contribution in [3.05, 3.63) is 42.4 Å². The van der Waals surface area contributed by atoms with E-state index in [9.17, 15) is 9.59 Å². The van der Waals surface area contributed by atoms with Crippen LogP contribution in [-0.4, -0.2) is 59.2 Å². The molecule has 150 valence electrons. The Morgan fingerprint density at radius 2 is 2.21 bits per heavy atom. The molecule has 0 aliphatic carbocycles. The number of carbonyl (C=O) groups is 2. The number of aromatic nitrogens is 5. The van der Waals surface area contributed by atoms with Crippen LogP contribution in [0.5, 0.6) is 0 Å². The molecule has 1 saturated heterocycles. The molecule has 29 heavy (non-hydrogen) atoms. The van der Waals surface area contributed by atoms with Crippen LogP contribution in [-0.2, 0) is 36.3 Å². The van der Waals surface area contributed by atoms with Gasteiger partial charge in [-0.15, -0.1) is 10.2 Å². The Morgan fingerprint density at radius 1 is 1.31 bits per heavy atom. The van der Waals surface area contributed by atoms with E-state index in [4.69, 9.17) is 4.42 Å². The lowest BCUT2D eigenvalue weighted by atomic mass is 10.1. The van der Waals surface area contributed by atoms with Crippen molar-refractivity contribution >= 4 is 11.8 Å². The SMILES string of the molecule is Cn1cc(-c2nnc3n2CCN(C(=O)[C@@H]2CC(=O)N(Cc4ccco4)C2)C3)cn1. The molecule has 1 fully saturated rings. The summed E-state index contributed by atoms with van der Waals surface area (Å²) in [5.74, 6) is 1.89. The highest BCUT2D eigenvalue weighted by Gasteiger charge is 2.38. The monoisotopic (exact) mass is 395 g/mol. The number of amides is 2. The van der Waals surface area contributed by atoms with Crippen molar-refractivity contribution in [2.24, 2.45) is 13.0 Å². The van der Waals surface area contributed by atoms with Gasteiger partial charge in [0.05, 0.1) is 37.0 Å². The van der Waals surface area contributed by atoms with E-state index in [1.807, 2.05) is 23.9 Å². The third kappa shape index (κ3) is 3.20. The van der Waals surface area contributed by atoms with Gasteiger partial charge >= 0.3 is 0 Å². The second-order valence-corrected chi connectivity index (χ2v) is 7.51. The second kappa shape index (κ2) is 6.87. The van der Waals surface area contributed by atoms with Gasteiger partial charge in [0.25, 0.3) is 0 Å². The van der Waals surface area contributed by atoms with Gasteiger partial charge in [0.2, 0.25) is 11.8 Å². The average molecular weight is 395 g/mol. The van der Waals surface area contributed by atoms with Gasteiger partial charge in [0, 0.05) is 39.3 Å². The van der Waals surface area contributed by atoms with Gasteiger partial charge in [-0.05, 0) is 12.1 Å². The Labute approximate surface area is 166 Å². The van der Waals surface area contributed by atoms with Crippen molar-refractivity contribution in [2.45, 2.75) is 26.1 Å². The van der Waals surface area contributed by atoms with E-state index in [2.05, 4.69) is 15.3 Å². The number of nitrogens with zero attached hydrogens (tertiary/aromatic N) is 7. The van der Waals surface area contributed by atoms with Crippen LogP contribution < -0.4 is 0 Å². The van der Waals surface area contributed by atoms with Gasteiger partial charge in [-0.1, -0.05) is 0 Å². The van der Waals surface area contributed by atoms with E-state index < -0.39 is 0 Å². The first-order chi connectivity index (χ1) is 14.1. The number of carbonyl (C=O) groups excluding carboxylic acids is 2. The third-order valence-corrected chi connectivity index (χ3v) is 5.52. The number of hydrogen-bond acceptors (Lipinski definition) is 6. The van der Waals surface area contributed by atoms with E-state index >= 15 is 0 Å². The van der Waals surface area contributed by atoms with Crippen LogP contribution >= 0.6 is 0 Å². The molecule has 10 heteroatoms. The number of likely N-dealkylation sites (tertiary alicyclic amines) is 1. The standard InChI is InChI=1S/C19H21N7O3/c1-23-9-14(8-20-23)18-22-21-16-12-24(4-5-26(16)18)19(28)13-7-17(27)25(10-13)11-15-3-2-6-29-15/h2-3,6,8-9,13H,4-5,7,10-12H2,1H3/t13-/m1/s1. The Morgan fingerprint density at radius 3 is 2.97 bits per heavy atom. The molecule has 3 aromatic heterocycles. The summed E-state index contributed by atoms with van der Waals surface area (Å²) < 4.78 is 9.08. The minimum atomic E-state index is -0.329. The molecule has 0 radical (unpaired) electrons. The highest BCUT2D eigenvalue weighted by molar-refractivity contribution is 5.89. The predicted octanol–water partition coefficient (Wildman–Crippen LogP) is 0.662. The van der Waals surface area contributed by atoms with Gasteiger partial charge < -0.3 is 18.8 Å². The summed E-state index contributed by atoms with van der Waals surface area (Å²) in [4.78, 5) is 28.8. The molecular formula is C19H21N7O3. The summed E-state index contributed by atoms with van der Waals surface area (Å²) in [6, 6.07) is 3.63. The van der Waals surface area contributed by atoms with Crippen molar-refractivity contribution in [2.75, 3.05) is 13.1 Å². The molecule has 0 aromatic carbocycles. The Bertz CT molecular complexity index is 1050. The van der Waals surface area contributed by atoms with Gasteiger partial charge in [0.1, 0.15) is 5.76 Å². The molecule has 10 nitrogen and oxygen atoms in total. The second-order valence-electron chi connectivity index (χ2n) is 7.51. The largest absolute Gasteiger partial charge is 0.467 e. The first kappa shape index (κ1) is 17.7. The molecular weight excluding hydrogens is 374 g/mol. The van der Waals surface area contributed by atoms with Gasteiger partial charge in [-0.25, -0.2) is 0 Å². The highest BCUT2D eigenvalue weighted by atomic mass is 16.3. The summed E-state index contributed by atoms with van der Waals surface area (Å²) in [6.45, 7) is 2.41. The lowest BCUT2D eigenvalue weighted by Gasteiger charge is -2.29. The molecule has 0 N–H and O–H groups in total. The Balaban J connectivity index is 1.27. The normalized spacial score (nSPS) is 19.1. The summed E-state index contributed by atoms with van der Waals surface area (Å²) >= 11 is 0. The van der Waals surface area contributed by atoms with Gasteiger partial charge in [-0.2, -0.15) is 5.10 Å². The number of hydrogen-bond donors (Lipinski definition) is 0. The maximum atomic E-state index is 13.0. The van der Waals surface area contributed by atoms with Gasteiger partial charge in [-0.3, -0.25) is 14.3 Å².